The van der Waals surface area contributed by atoms with Crippen LogP contribution in [0.3, 0.4) is 0 Å². The Hall–Kier alpha value is -8.02. The van der Waals surface area contributed by atoms with Crippen LogP contribution in [0, 0.1) is 18.2 Å². The number of furan rings is 1. The molecule has 12 rings (SSSR count). The molecule has 4 heterocycles. The van der Waals surface area contributed by atoms with Crippen LogP contribution in [0.25, 0.3) is 83.7 Å². The molecule has 12 aromatic rings. The van der Waals surface area contributed by atoms with Crippen LogP contribution < -0.4 is 0 Å². The van der Waals surface area contributed by atoms with Gasteiger partial charge in [-0.1, -0.05) is 148 Å². The molecule has 4 aromatic heterocycles. The van der Waals surface area contributed by atoms with Crippen molar-refractivity contribution in [3.63, 3.8) is 0 Å². The van der Waals surface area contributed by atoms with Gasteiger partial charge in [-0.3, -0.25) is 4.98 Å². The van der Waals surface area contributed by atoms with Gasteiger partial charge in [0.2, 0.25) is 0 Å². The summed E-state index contributed by atoms with van der Waals surface area (Å²) in [5.41, 5.74) is 20.1. The van der Waals surface area contributed by atoms with Gasteiger partial charge in [-0.2, -0.15) is 0 Å². The van der Waals surface area contributed by atoms with E-state index in [4.69, 9.17) is 9.40 Å². The maximum Gasteiger partial charge on any atom is 3.00 e. The number of aromatic nitrogens is 4. The van der Waals surface area contributed by atoms with E-state index in [0.717, 1.165) is 86.1 Å². The van der Waals surface area contributed by atoms with Crippen LogP contribution in [-0.4, -0.2) is 19.5 Å². The Morgan fingerprint density at radius 2 is 1.23 bits per heavy atom. The van der Waals surface area contributed by atoms with Crippen molar-refractivity contribution in [2.24, 2.45) is 0 Å². The van der Waals surface area contributed by atoms with Crippen LogP contribution in [0.2, 0.25) is 0 Å². The van der Waals surface area contributed by atoms with Gasteiger partial charge in [0.15, 0.2) is 0 Å². The van der Waals surface area contributed by atoms with E-state index < -0.39 is 0 Å². The molecule has 0 radical (unpaired) electrons. The molecule has 0 fully saturated rings. The normalized spacial score (nSPS) is 11.3. The molecule has 74 heavy (non-hydrogen) atoms. The number of nitrogens with zero attached hydrogens (tertiary/aromatic N) is 4. The molecule has 0 saturated heterocycles. The first-order valence-corrected chi connectivity index (χ1v) is 25.3. The van der Waals surface area contributed by atoms with E-state index in [-0.39, 0.29) is 20.1 Å². The molecule has 0 spiro atoms. The Bertz CT molecular complexity index is 3790. The number of benzene rings is 8. The first-order valence-electron chi connectivity index (χ1n) is 25.3. The molecule has 8 aromatic carbocycles. The Labute approximate surface area is 448 Å². The summed E-state index contributed by atoms with van der Waals surface area (Å²) in [6.45, 7) is 9.12. The van der Waals surface area contributed by atoms with E-state index in [2.05, 4.69) is 194 Å². The zero-order chi connectivity index (χ0) is 49.7. The van der Waals surface area contributed by atoms with Gasteiger partial charge in [0, 0.05) is 23.5 Å². The van der Waals surface area contributed by atoms with E-state index in [9.17, 15) is 0 Å². The topological polar surface area (TPSA) is 56.7 Å². The Morgan fingerprint density at radius 1 is 0.527 bits per heavy atom. The van der Waals surface area contributed by atoms with Crippen molar-refractivity contribution in [1.29, 1.82) is 0 Å². The second-order valence-corrected chi connectivity index (χ2v) is 19.2. The summed E-state index contributed by atoms with van der Waals surface area (Å²) < 4.78 is 8.83. The molecular formula is C68H55IrN4O. The quantitative estimate of drug-likeness (QED) is 0.114. The fourth-order valence-corrected chi connectivity index (χ4v) is 10.0. The molecule has 0 saturated carbocycles. The van der Waals surface area contributed by atoms with Crippen LogP contribution in [0.5, 0.6) is 0 Å². The third kappa shape index (κ3) is 10.3. The molecule has 0 N–H and O–H groups in total. The van der Waals surface area contributed by atoms with Crippen LogP contribution in [0.15, 0.2) is 217 Å². The molecule has 0 unspecified atom stereocenters. The third-order valence-corrected chi connectivity index (χ3v) is 13.7. The molecule has 0 atom stereocenters. The fourth-order valence-electron chi connectivity index (χ4n) is 10.0. The molecule has 0 amide bonds. The molecule has 0 bridgehead atoms. The van der Waals surface area contributed by atoms with Gasteiger partial charge in [-0.25, -0.2) is 0 Å². The molecule has 6 heteroatoms. The van der Waals surface area contributed by atoms with Crippen molar-refractivity contribution in [2.45, 2.75) is 58.8 Å². The average molecular weight is 1140 g/mol. The van der Waals surface area contributed by atoms with Gasteiger partial charge in [0.05, 0.1) is 22.4 Å². The summed E-state index contributed by atoms with van der Waals surface area (Å²) in [4.78, 5) is 14.4. The van der Waals surface area contributed by atoms with Crippen molar-refractivity contribution in [3.05, 3.63) is 264 Å². The second-order valence-electron chi connectivity index (χ2n) is 19.2. The van der Waals surface area contributed by atoms with Gasteiger partial charge in [-0.05, 0) is 118 Å². The van der Waals surface area contributed by atoms with E-state index >= 15 is 0 Å². The van der Waals surface area contributed by atoms with Crippen molar-refractivity contribution < 1.29 is 24.5 Å². The number of para-hydroxylation sites is 3. The van der Waals surface area contributed by atoms with Crippen molar-refractivity contribution in [1.82, 2.24) is 19.5 Å². The summed E-state index contributed by atoms with van der Waals surface area (Å²) in [6, 6.07) is 79.4. The number of aryl methyl sites for hydroxylation is 2. The maximum absolute atomic E-state index is 6.47. The van der Waals surface area contributed by atoms with Gasteiger partial charge in [-0.15, -0.1) is 89.5 Å². The minimum absolute atomic E-state index is 0. The van der Waals surface area contributed by atoms with Crippen molar-refractivity contribution in [3.8, 4) is 50.7 Å². The number of pyridine rings is 2. The predicted molar refractivity (Wildman–Crippen MR) is 300 cm³/mol. The zero-order valence-corrected chi connectivity index (χ0v) is 44.4. The first-order chi connectivity index (χ1) is 35.9. The second kappa shape index (κ2) is 22.4. The molecule has 0 aliphatic rings. The van der Waals surface area contributed by atoms with Gasteiger partial charge in [0.1, 0.15) is 5.58 Å². The molecular weight excluding hydrogens is 1080 g/mol. The molecule has 362 valence electrons. The molecule has 5 nitrogen and oxygen atoms in total. The summed E-state index contributed by atoms with van der Waals surface area (Å²) >= 11 is 0. The number of hydrogen-bond donors (Lipinski definition) is 0. The summed E-state index contributed by atoms with van der Waals surface area (Å²) in [5.74, 6) is 1.45. The predicted octanol–water partition coefficient (Wildman–Crippen LogP) is 17.1. The maximum atomic E-state index is 6.47. The standard InChI is InChI=1S/C37H31N2O.C31H24N2.Ir/c1-23(2)30-21-26(25-13-6-5-7-14-25)22-31(24(3)4)35(30)39-33-19-10-9-18-32(33)38-37(39)29-17-12-16-28-27-15-8-11-20-34(27)40-36(28)29;1-2-11-26(12-3-1)30-20-18-24(23-33-30)17-19-25-10-4-5-13-27(25)22-28-14-6-7-15-29(28)31-16-8-9-21-32-31;/h5-16,18-24H,1-4H3;1-11,13-14,16,18,20-21,23H,17,19,22H2;/q-1;-2;+3. The minimum atomic E-state index is 0. The van der Waals surface area contributed by atoms with E-state index in [1.165, 1.54) is 50.2 Å². The van der Waals surface area contributed by atoms with Crippen LogP contribution >= 0.6 is 0 Å². The van der Waals surface area contributed by atoms with Gasteiger partial charge in [0.25, 0.3) is 0 Å². The number of fused-ring (bicyclic) bond motifs is 4. The number of hydrogen-bond acceptors (Lipinski definition) is 4. The van der Waals surface area contributed by atoms with Crippen LogP contribution in [0.1, 0.15) is 72.9 Å². The zero-order valence-electron chi connectivity index (χ0n) is 42.0. The van der Waals surface area contributed by atoms with Crippen molar-refractivity contribution in [2.75, 3.05) is 0 Å². The summed E-state index contributed by atoms with van der Waals surface area (Å²) in [5, 5.41) is 2.18. The average Bonchev–Trinajstić information content (AvgIpc) is 4.04. The smallest absolute Gasteiger partial charge is 0.501 e. The number of rotatable bonds is 12. The summed E-state index contributed by atoms with van der Waals surface area (Å²) in [7, 11) is 0. The molecule has 0 aliphatic carbocycles. The van der Waals surface area contributed by atoms with Gasteiger partial charge >= 0.3 is 20.1 Å². The Morgan fingerprint density at radius 3 is 1.99 bits per heavy atom. The van der Waals surface area contributed by atoms with E-state index in [1.807, 2.05) is 79.1 Å². The fraction of sp³-hybridized carbons (Fsp3) is 0.132. The monoisotopic (exact) mass is 1140 g/mol. The third-order valence-electron chi connectivity index (χ3n) is 13.7. The van der Waals surface area contributed by atoms with Gasteiger partial charge < -0.3 is 19.0 Å². The largest absolute Gasteiger partial charge is 3.00 e. The minimum Gasteiger partial charge on any atom is -0.501 e. The number of imidazole rings is 1. The Balaban J connectivity index is 0.000000170. The SMILES string of the molecule is CC(C)c1cc(-c2ccccc2)cc(C(C)C)c1-n1c(-c2[c-]ccc3c2oc2ccccc23)nc2ccccc21.[Ir+3].[c-]1ccccc1-c1ccc(CCc2ccccc2Cc2ccc[c-]c2-c2ccccn2)cn1. The summed E-state index contributed by atoms with van der Waals surface area (Å²) in [6.07, 6.45) is 6.62. The van der Waals surface area contributed by atoms with Crippen molar-refractivity contribution >= 4 is 33.0 Å². The van der Waals surface area contributed by atoms with Crippen LogP contribution in [0.4, 0.5) is 0 Å². The van der Waals surface area contributed by atoms with E-state index in [1.54, 1.807) is 0 Å². The Kier molecular flexibility index (Phi) is 15.0. The van der Waals surface area contributed by atoms with Crippen LogP contribution in [-0.2, 0) is 39.4 Å². The molecule has 0 aliphatic heterocycles. The first kappa shape index (κ1) is 49.6. The van der Waals surface area contributed by atoms with E-state index in [0.29, 0.717) is 11.8 Å².